The molecule has 0 saturated heterocycles. The Hall–Kier alpha value is -1.95. The van der Waals surface area contributed by atoms with Crippen molar-refractivity contribution in [2.75, 3.05) is 6.54 Å². The molecule has 0 unspecified atom stereocenters. The molecule has 0 fully saturated rings. The van der Waals surface area contributed by atoms with E-state index in [1.807, 2.05) is 18.7 Å². The van der Waals surface area contributed by atoms with E-state index in [0.29, 0.717) is 6.54 Å². The normalized spacial score (nSPS) is 15.0. The monoisotopic (exact) mass is 315 g/mol. The largest absolute Gasteiger partial charge is 0.310 e. The van der Waals surface area contributed by atoms with Gasteiger partial charge >= 0.3 is 0 Å². The van der Waals surface area contributed by atoms with Gasteiger partial charge in [-0.15, -0.1) is 0 Å². The quantitative estimate of drug-likeness (QED) is 0.931. The summed E-state index contributed by atoms with van der Waals surface area (Å²) in [5.74, 6) is 0.823. The first-order chi connectivity index (χ1) is 11.0. The summed E-state index contributed by atoms with van der Waals surface area (Å²) >= 11 is 0. The van der Waals surface area contributed by atoms with E-state index in [0.717, 1.165) is 55.1 Å². The van der Waals surface area contributed by atoms with Crippen LogP contribution in [-0.2, 0) is 33.0 Å². The Morgan fingerprint density at radius 2 is 2.09 bits per heavy atom. The molecule has 0 aliphatic carbocycles. The first kappa shape index (κ1) is 15.9. The van der Waals surface area contributed by atoms with Crippen molar-refractivity contribution in [1.29, 1.82) is 0 Å². The van der Waals surface area contributed by atoms with Crippen LogP contribution in [0.25, 0.3) is 0 Å². The van der Waals surface area contributed by atoms with E-state index in [4.69, 9.17) is 0 Å². The van der Waals surface area contributed by atoms with Gasteiger partial charge in [0.15, 0.2) is 0 Å². The number of hydrogen-bond donors (Lipinski definition) is 1. The average molecular weight is 315 g/mol. The highest BCUT2D eigenvalue weighted by molar-refractivity contribution is 5.26. The van der Waals surface area contributed by atoms with Crippen LogP contribution in [0.15, 0.2) is 4.79 Å². The summed E-state index contributed by atoms with van der Waals surface area (Å²) in [7, 11) is 1.97. The molecule has 23 heavy (non-hydrogen) atoms. The second-order valence-corrected chi connectivity index (χ2v) is 6.42. The van der Waals surface area contributed by atoms with Gasteiger partial charge < -0.3 is 4.98 Å². The third kappa shape index (κ3) is 3.08. The number of hydrogen-bond acceptors (Lipinski definition) is 4. The smallest absolute Gasteiger partial charge is 0.255 e. The van der Waals surface area contributed by atoms with Crippen LogP contribution in [0.1, 0.15) is 47.4 Å². The minimum atomic E-state index is 0.0304. The summed E-state index contributed by atoms with van der Waals surface area (Å²) in [5, 5.41) is 4.48. The first-order valence-corrected chi connectivity index (χ1v) is 8.32. The highest BCUT2D eigenvalue weighted by Crippen LogP contribution is 2.20. The van der Waals surface area contributed by atoms with E-state index in [1.165, 1.54) is 11.3 Å². The number of H-pyrrole nitrogens is 1. The molecule has 0 amide bonds. The van der Waals surface area contributed by atoms with Crippen molar-refractivity contribution in [3.63, 3.8) is 0 Å². The van der Waals surface area contributed by atoms with Gasteiger partial charge in [-0.05, 0) is 20.3 Å². The maximum atomic E-state index is 12.4. The molecule has 6 nitrogen and oxygen atoms in total. The SMILES string of the molecule is CCCc1nc2c(c(=O)[nH]1)CN(Cc1c(C)nn(C)c1C)CC2. The number of nitrogens with zero attached hydrogens (tertiary/aromatic N) is 4. The Kier molecular flexibility index (Phi) is 4.35. The lowest BCUT2D eigenvalue weighted by atomic mass is 10.1. The minimum absolute atomic E-state index is 0.0304. The van der Waals surface area contributed by atoms with Crippen molar-refractivity contribution in [3.05, 3.63) is 44.4 Å². The van der Waals surface area contributed by atoms with Crippen LogP contribution >= 0.6 is 0 Å². The fourth-order valence-electron chi connectivity index (χ4n) is 3.29. The zero-order valence-electron chi connectivity index (χ0n) is 14.4. The van der Waals surface area contributed by atoms with Gasteiger partial charge in [-0.2, -0.15) is 5.10 Å². The van der Waals surface area contributed by atoms with E-state index in [2.05, 4.69) is 33.8 Å². The Morgan fingerprint density at radius 1 is 1.30 bits per heavy atom. The highest BCUT2D eigenvalue weighted by atomic mass is 16.1. The molecule has 1 aliphatic heterocycles. The molecule has 3 heterocycles. The van der Waals surface area contributed by atoms with Crippen LogP contribution in [-0.4, -0.2) is 31.2 Å². The predicted molar refractivity (Wildman–Crippen MR) is 89.4 cm³/mol. The van der Waals surface area contributed by atoms with Crippen LogP contribution in [0, 0.1) is 13.8 Å². The molecule has 1 N–H and O–H groups in total. The molecule has 2 aromatic rings. The number of nitrogens with one attached hydrogen (secondary N) is 1. The van der Waals surface area contributed by atoms with Crippen molar-refractivity contribution in [2.24, 2.45) is 7.05 Å². The van der Waals surface area contributed by atoms with Crippen LogP contribution in [0.5, 0.6) is 0 Å². The second kappa shape index (κ2) is 6.28. The number of aromatic nitrogens is 4. The van der Waals surface area contributed by atoms with E-state index >= 15 is 0 Å². The number of rotatable bonds is 4. The lowest BCUT2D eigenvalue weighted by Crippen LogP contribution is -2.36. The molecule has 1 aliphatic rings. The van der Waals surface area contributed by atoms with Gasteiger partial charge in [0.05, 0.1) is 17.0 Å². The lowest BCUT2D eigenvalue weighted by Gasteiger charge is -2.27. The van der Waals surface area contributed by atoms with E-state index in [9.17, 15) is 4.79 Å². The topological polar surface area (TPSA) is 66.8 Å². The van der Waals surface area contributed by atoms with Crippen molar-refractivity contribution < 1.29 is 0 Å². The summed E-state index contributed by atoms with van der Waals surface area (Å²) in [6.07, 6.45) is 2.67. The minimum Gasteiger partial charge on any atom is -0.310 e. The number of aryl methyl sites for hydroxylation is 3. The van der Waals surface area contributed by atoms with Crippen molar-refractivity contribution in [3.8, 4) is 0 Å². The zero-order valence-corrected chi connectivity index (χ0v) is 14.4. The average Bonchev–Trinajstić information content (AvgIpc) is 2.75. The molecule has 0 atom stereocenters. The molecule has 2 aromatic heterocycles. The Morgan fingerprint density at radius 3 is 2.74 bits per heavy atom. The Labute approximate surface area is 136 Å². The fourth-order valence-corrected chi connectivity index (χ4v) is 3.29. The van der Waals surface area contributed by atoms with Gasteiger partial charge in [0.2, 0.25) is 0 Å². The van der Waals surface area contributed by atoms with Crippen LogP contribution < -0.4 is 5.56 Å². The third-order valence-electron chi connectivity index (χ3n) is 4.72. The van der Waals surface area contributed by atoms with E-state index < -0.39 is 0 Å². The third-order valence-corrected chi connectivity index (χ3v) is 4.72. The fraction of sp³-hybridized carbons (Fsp3) is 0.588. The van der Waals surface area contributed by atoms with Crippen LogP contribution in [0.2, 0.25) is 0 Å². The first-order valence-electron chi connectivity index (χ1n) is 8.32. The van der Waals surface area contributed by atoms with Crippen molar-refractivity contribution in [2.45, 2.75) is 53.1 Å². The molecule has 0 bridgehead atoms. The van der Waals surface area contributed by atoms with Crippen molar-refractivity contribution >= 4 is 0 Å². The standard InChI is InChI=1S/C17H25N5O/c1-5-6-16-18-15-7-8-22(10-14(15)17(23)19-16)9-13-11(2)20-21(4)12(13)3/h5-10H2,1-4H3,(H,18,19,23). The molecule has 6 heteroatoms. The summed E-state index contributed by atoms with van der Waals surface area (Å²) in [5.41, 5.74) is 5.37. The van der Waals surface area contributed by atoms with Gasteiger partial charge in [0.25, 0.3) is 5.56 Å². The molecular weight excluding hydrogens is 290 g/mol. The van der Waals surface area contributed by atoms with E-state index in [1.54, 1.807) is 0 Å². The summed E-state index contributed by atoms with van der Waals surface area (Å²) < 4.78 is 1.92. The lowest BCUT2D eigenvalue weighted by molar-refractivity contribution is 0.240. The van der Waals surface area contributed by atoms with Gasteiger partial charge in [-0.25, -0.2) is 4.98 Å². The molecule has 0 aromatic carbocycles. The van der Waals surface area contributed by atoms with Crippen molar-refractivity contribution in [1.82, 2.24) is 24.6 Å². The van der Waals surface area contributed by atoms with Crippen LogP contribution in [0.4, 0.5) is 0 Å². The summed E-state index contributed by atoms with van der Waals surface area (Å²) in [6, 6.07) is 0. The Balaban J connectivity index is 1.82. The number of aromatic amines is 1. The predicted octanol–water partition coefficient (Wildman–Crippen LogP) is 1.63. The van der Waals surface area contributed by atoms with Crippen LogP contribution in [0.3, 0.4) is 0 Å². The zero-order chi connectivity index (χ0) is 16.6. The second-order valence-electron chi connectivity index (χ2n) is 6.42. The van der Waals surface area contributed by atoms with Gasteiger partial charge in [-0.3, -0.25) is 14.4 Å². The number of fused-ring (bicyclic) bond motifs is 1. The van der Waals surface area contributed by atoms with E-state index in [-0.39, 0.29) is 5.56 Å². The molecule has 0 saturated carbocycles. The summed E-state index contributed by atoms with van der Waals surface area (Å²) in [4.78, 5) is 22.3. The maximum absolute atomic E-state index is 12.4. The molecule has 3 rings (SSSR count). The van der Waals surface area contributed by atoms with Gasteiger partial charge in [-0.1, -0.05) is 6.92 Å². The Bertz CT molecular complexity index is 774. The maximum Gasteiger partial charge on any atom is 0.255 e. The molecule has 124 valence electrons. The summed E-state index contributed by atoms with van der Waals surface area (Å²) in [6.45, 7) is 8.67. The molecular formula is C17H25N5O. The van der Waals surface area contributed by atoms with Gasteiger partial charge in [0.1, 0.15) is 5.82 Å². The van der Waals surface area contributed by atoms with Gasteiger partial charge in [0, 0.05) is 50.8 Å². The highest BCUT2D eigenvalue weighted by Gasteiger charge is 2.22. The molecule has 0 spiro atoms. The molecule has 0 radical (unpaired) electrons.